The molecule has 4 heterocycles. The van der Waals surface area contributed by atoms with Gasteiger partial charge in [-0.3, -0.25) is 48.5 Å². The number of para-hydroxylation sites is 2. The summed E-state index contributed by atoms with van der Waals surface area (Å²) in [5.74, 6) is -0.835. The maximum absolute atomic E-state index is 13.5. The molecule has 2 atom stereocenters. The Balaban J connectivity index is 1.04. The van der Waals surface area contributed by atoms with Gasteiger partial charge in [0.25, 0.3) is 11.1 Å². The van der Waals surface area contributed by atoms with Crippen LogP contribution in [-0.2, 0) is 38.6 Å². The summed E-state index contributed by atoms with van der Waals surface area (Å²) in [7, 11) is 0. The summed E-state index contributed by atoms with van der Waals surface area (Å²) < 4.78 is 2.77. The number of nitrogens with one attached hydrogen (secondary N) is 3. The zero-order valence-electron chi connectivity index (χ0n) is 27.6. The lowest BCUT2D eigenvalue weighted by Crippen LogP contribution is -2.45. The number of rotatable bonds is 8. The summed E-state index contributed by atoms with van der Waals surface area (Å²) in [5, 5.41) is 8.85. The van der Waals surface area contributed by atoms with E-state index in [1.807, 2.05) is 30.3 Å². The monoisotopic (exact) mass is 673 g/mol. The Bertz CT molecular complexity index is 2180. The van der Waals surface area contributed by atoms with Crippen LogP contribution >= 0.6 is 0 Å². The summed E-state index contributed by atoms with van der Waals surface area (Å²) in [5.41, 5.74) is 4.26. The Labute approximate surface area is 285 Å². The van der Waals surface area contributed by atoms with E-state index in [4.69, 9.17) is 9.97 Å². The second-order valence-electron chi connectivity index (χ2n) is 12.8. The molecule has 0 bridgehead atoms. The van der Waals surface area contributed by atoms with E-state index in [0.29, 0.717) is 52.1 Å². The fourth-order valence-corrected chi connectivity index (χ4v) is 6.95. The highest BCUT2D eigenvalue weighted by Crippen LogP contribution is 2.25. The molecule has 2 aromatic heterocycles. The molecule has 0 aliphatic carbocycles. The number of aromatic nitrogens is 4. The number of hydrogen-bond acceptors (Lipinski definition) is 9. The molecule has 3 N–H and O–H groups in total. The normalized spacial score (nSPS) is 18.0. The number of piperidine rings is 2. The molecule has 0 spiro atoms. The van der Waals surface area contributed by atoms with Gasteiger partial charge in [0.1, 0.15) is 29.2 Å². The first-order chi connectivity index (χ1) is 24.1. The van der Waals surface area contributed by atoms with E-state index in [0.717, 1.165) is 23.1 Å². The second-order valence-corrected chi connectivity index (χ2v) is 12.8. The number of benzene rings is 3. The quantitative estimate of drug-likeness (QED) is 0.209. The average molecular weight is 674 g/mol. The number of amides is 4. The molecular formula is C37H35N7O6. The van der Waals surface area contributed by atoms with Gasteiger partial charge in [-0.1, -0.05) is 42.5 Å². The number of aryl methyl sites for hydroxylation is 4. The zero-order valence-corrected chi connectivity index (χ0v) is 27.6. The maximum atomic E-state index is 13.5. The second kappa shape index (κ2) is 13.1. The predicted molar refractivity (Wildman–Crippen MR) is 185 cm³/mol. The van der Waals surface area contributed by atoms with E-state index in [9.17, 15) is 28.8 Å². The fourth-order valence-electron chi connectivity index (χ4n) is 6.95. The first-order valence-corrected chi connectivity index (χ1v) is 16.6. The standard InChI is InChI=1S/C37H35N7O6/c1-20-39-32-24(5-3-6-25(32)36(49)43(20)28-15-17-30(45)41-34(28)47)14-13-22-9-11-23(12-10-22)19-38-27-8-4-7-26-33(27)40-21(2)44(37(26)50)29-16-18-31(46)42-35(29)48/h3-12,28-29,38H,13-19H2,1-2H3,(H,41,45,47)(H,42,46,48). The van der Waals surface area contributed by atoms with Crippen molar-refractivity contribution in [3.05, 3.63) is 110 Å². The third-order valence-electron chi connectivity index (χ3n) is 9.53. The first-order valence-electron chi connectivity index (χ1n) is 16.6. The van der Waals surface area contributed by atoms with Crippen LogP contribution in [-0.4, -0.2) is 42.7 Å². The lowest BCUT2D eigenvalue weighted by Gasteiger charge is -2.24. The van der Waals surface area contributed by atoms with Crippen LogP contribution < -0.4 is 27.1 Å². The van der Waals surface area contributed by atoms with Crippen LogP contribution in [0.5, 0.6) is 0 Å². The number of fused-ring (bicyclic) bond motifs is 2. The van der Waals surface area contributed by atoms with Crippen molar-refractivity contribution in [3.63, 3.8) is 0 Å². The summed E-state index contributed by atoms with van der Waals surface area (Å²) >= 11 is 0. The average Bonchev–Trinajstić information content (AvgIpc) is 3.09. The van der Waals surface area contributed by atoms with Gasteiger partial charge in [-0.2, -0.15) is 0 Å². The fraction of sp³-hybridized carbons (Fsp3) is 0.297. The van der Waals surface area contributed by atoms with Crippen molar-refractivity contribution in [1.82, 2.24) is 29.7 Å². The molecule has 13 heteroatoms. The maximum Gasteiger partial charge on any atom is 0.262 e. The van der Waals surface area contributed by atoms with Gasteiger partial charge in [0.15, 0.2) is 0 Å². The molecule has 2 aliphatic heterocycles. The minimum absolute atomic E-state index is 0.164. The van der Waals surface area contributed by atoms with Gasteiger partial charge in [-0.15, -0.1) is 0 Å². The van der Waals surface area contributed by atoms with Crippen molar-refractivity contribution >= 4 is 51.1 Å². The lowest BCUT2D eigenvalue weighted by atomic mass is 10.0. The van der Waals surface area contributed by atoms with Crippen LogP contribution in [0.25, 0.3) is 21.8 Å². The zero-order chi connectivity index (χ0) is 35.1. The van der Waals surface area contributed by atoms with Crippen molar-refractivity contribution in [2.75, 3.05) is 5.32 Å². The van der Waals surface area contributed by atoms with Crippen molar-refractivity contribution in [3.8, 4) is 0 Å². The molecule has 7 rings (SSSR count). The smallest absolute Gasteiger partial charge is 0.262 e. The van der Waals surface area contributed by atoms with Gasteiger partial charge < -0.3 is 5.32 Å². The molecule has 4 amide bonds. The molecule has 50 heavy (non-hydrogen) atoms. The Hall–Kier alpha value is -5.98. The van der Waals surface area contributed by atoms with Crippen LogP contribution in [0.15, 0.2) is 70.3 Å². The highest BCUT2D eigenvalue weighted by molar-refractivity contribution is 6.00. The van der Waals surface area contributed by atoms with Crippen molar-refractivity contribution in [2.45, 2.75) is 71.0 Å². The van der Waals surface area contributed by atoms with E-state index in [2.05, 4.69) is 28.1 Å². The van der Waals surface area contributed by atoms with Crippen molar-refractivity contribution in [1.29, 1.82) is 0 Å². The molecule has 3 aromatic carbocycles. The van der Waals surface area contributed by atoms with Gasteiger partial charge in [-0.25, -0.2) is 9.97 Å². The van der Waals surface area contributed by atoms with E-state index in [-0.39, 0.29) is 48.6 Å². The van der Waals surface area contributed by atoms with Gasteiger partial charge in [0.2, 0.25) is 23.6 Å². The number of carbonyl (C=O) groups excluding carboxylic acids is 4. The molecule has 5 aromatic rings. The van der Waals surface area contributed by atoms with E-state index in [1.54, 1.807) is 32.0 Å². The third kappa shape index (κ3) is 6.06. The van der Waals surface area contributed by atoms with Gasteiger partial charge in [0.05, 0.1) is 22.0 Å². The van der Waals surface area contributed by atoms with Crippen LogP contribution in [0.3, 0.4) is 0 Å². The van der Waals surface area contributed by atoms with Crippen LogP contribution in [0.2, 0.25) is 0 Å². The van der Waals surface area contributed by atoms with Gasteiger partial charge in [-0.05, 0) is 74.4 Å². The first kappa shape index (κ1) is 32.6. The van der Waals surface area contributed by atoms with Crippen LogP contribution in [0.4, 0.5) is 5.69 Å². The number of carbonyl (C=O) groups is 4. The largest absolute Gasteiger partial charge is 0.379 e. The van der Waals surface area contributed by atoms with Crippen molar-refractivity contribution < 1.29 is 19.2 Å². The lowest BCUT2D eigenvalue weighted by molar-refractivity contribution is -0.137. The number of imide groups is 2. The van der Waals surface area contributed by atoms with E-state index in [1.165, 1.54) is 9.13 Å². The molecule has 2 saturated heterocycles. The summed E-state index contributed by atoms with van der Waals surface area (Å²) in [4.78, 5) is 84.7. The highest BCUT2D eigenvalue weighted by atomic mass is 16.2. The Kier molecular flexibility index (Phi) is 8.56. The predicted octanol–water partition coefficient (Wildman–Crippen LogP) is 3.08. The SMILES string of the molecule is Cc1nc2c(CCc3ccc(CNc4cccc5c(=O)n(C6CCC(=O)NC6=O)c(C)nc45)cc3)cccc2c(=O)n1C1CCC(=O)NC1=O. The number of anilines is 1. The molecule has 2 fully saturated rings. The van der Waals surface area contributed by atoms with Crippen LogP contribution in [0.1, 0.15) is 66.1 Å². The van der Waals surface area contributed by atoms with E-state index < -0.39 is 23.9 Å². The number of nitrogens with zero attached hydrogens (tertiary/aromatic N) is 4. The number of hydrogen-bond donors (Lipinski definition) is 3. The molecule has 2 aliphatic rings. The topological polar surface area (TPSA) is 174 Å². The molecule has 0 saturated carbocycles. The summed E-state index contributed by atoms with van der Waals surface area (Å²) in [6, 6.07) is 17.5. The minimum Gasteiger partial charge on any atom is -0.379 e. The van der Waals surface area contributed by atoms with Crippen molar-refractivity contribution in [2.24, 2.45) is 0 Å². The Morgan fingerprint density at radius 2 is 1.18 bits per heavy atom. The third-order valence-corrected chi connectivity index (χ3v) is 9.53. The summed E-state index contributed by atoms with van der Waals surface area (Å²) in [6.07, 6.45) is 2.22. The molecule has 13 nitrogen and oxygen atoms in total. The minimum atomic E-state index is -0.783. The van der Waals surface area contributed by atoms with Gasteiger partial charge in [0, 0.05) is 19.4 Å². The van der Waals surface area contributed by atoms with Gasteiger partial charge >= 0.3 is 0 Å². The highest BCUT2D eigenvalue weighted by Gasteiger charge is 2.32. The molecule has 2 unspecified atom stereocenters. The van der Waals surface area contributed by atoms with E-state index >= 15 is 0 Å². The Morgan fingerprint density at radius 3 is 1.76 bits per heavy atom. The summed E-state index contributed by atoms with van der Waals surface area (Å²) in [6.45, 7) is 3.88. The molecule has 0 radical (unpaired) electrons. The Morgan fingerprint density at radius 1 is 0.660 bits per heavy atom. The van der Waals surface area contributed by atoms with Crippen LogP contribution in [0, 0.1) is 13.8 Å². The molecule has 254 valence electrons. The molecular weight excluding hydrogens is 638 g/mol.